The SMILES string of the molecule is COc1ccc([C@@H]2[C@@H](C(=O)Nc3cc(C)c(Cl)cc3OC)CCC(=O)N2c2ccc(OC)cc2)cc1. The van der Waals surface area contributed by atoms with E-state index in [4.69, 9.17) is 25.8 Å². The fourth-order valence-electron chi connectivity index (χ4n) is 4.55. The molecule has 1 saturated heterocycles. The minimum Gasteiger partial charge on any atom is -0.497 e. The Balaban J connectivity index is 1.75. The molecule has 2 amide bonds. The molecule has 1 aliphatic rings. The Labute approximate surface area is 215 Å². The van der Waals surface area contributed by atoms with Crippen LogP contribution in [-0.2, 0) is 9.59 Å². The molecule has 7 nitrogen and oxygen atoms in total. The Morgan fingerprint density at radius 1 is 0.944 bits per heavy atom. The minimum absolute atomic E-state index is 0.0510. The number of amides is 2. The number of nitrogens with zero attached hydrogens (tertiary/aromatic N) is 1. The van der Waals surface area contributed by atoms with E-state index in [1.807, 2.05) is 43.3 Å². The van der Waals surface area contributed by atoms with Gasteiger partial charge in [0.2, 0.25) is 11.8 Å². The molecule has 8 heteroatoms. The fourth-order valence-corrected chi connectivity index (χ4v) is 4.71. The van der Waals surface area contributed by atoms with Crippen molar-refractivity contribution in [1.82, 2.24) is 0 Å². The summed E-state index contributed by atoms with van der Waals surface area (Å²) in [6, 6.07) is 17.7. The molecule has 2 atom stereocenters. The van der Waals surface area contributed by atoms with Gasteiger partial charge in [-0.3, -0.25) is 9.59 Å². The Hall–Kier alpha value is -3.71. The van der Waals surface area contributed by atoms with E-state index in [0.29, 0.717) is 40.1 Å². The fraction of sp³-hybridized carbons (Fsp3) is 0.286. The second-order valence-electron chi connectivity index (χ2n) is 8.62. The lowest BCUT2D eigenvalue weighted by Gasteiger charge is -2.41. The standard InChI is InChI=1S/C28H29ClN2O5/c1-17-15-24(25(36-4)16-23(17)29)30-28(33)22-13-14-26(32)31(19-7-11-21(35-3)12-8-19)27(22)18-5-9-20(34-2)10-6-18/h5-12,15-16,22,27H,13-14H2,1-4H3,(H,30,33)/t22-,27+/m0/s1. The van der Waals surface area contributed by atoms with Gasteiger partial charge in [-0.1, -0.05) is 23.7 Å². The van der Waals surface area contributed by atoms with E-state index in [-0.39, 0.29) is 18.2 Å². The van der Waals surface area contributed by atoms with Gasteiger partial charge in [-0.2, -0.15) is 0 Å². The summed E-state index contributed by atoms with van der Waals surface area (Å²) in [5.41, 5.74) is 2.88. The van der Waals surface area contributed by atoms with Crippen LogP contribution in [-0.4, -0.2) is 33.1 Å². The molecule has 0 saturated carbocycles. The van der Waals surface area contributed by atoms with Gasteiger partial charge >= 0.3 is 0 Å². The van der Waals surface area contributed by atoms with Gasteiger partial charge in [-0.05, 0) is 66.9 Å². The van der Waals surface area contributed by atoms with Crippen molar-refractivity contribution >= 4 is 34.8 Å². The average Bonchev–Trinajstić information content (AvgIpc) is 2.90. The number of hydrogen-bond donors (Lipinski definition) is 1. The third-order valence-corrected chi connectivity index (χ3v) is 6.89. The van der Waals surface area contributed by atoms with Crippen molar-refractivity contribution in [3.05, 3.63) is 76.8 Å². The lowest BCUT2D eigenvalue weighted by atomic mass is 9.83. The number of methoxy groups -OCH3 is 3. The predicted molar refractivity (Wildman–Crippen MR) is 140 cm³/mol. The molecule has 0 unspecified atom stereocenters. The summed E-state index contributed by atoms with van der Waals surface area (Å²) in [4.78, 5) is 28.7. The van der Waals surface area contributed by atoms with Crippen LogP contribution in [0, 0.1) is 12.8 Å². The highest BCUT2D eigenvalue weighted by molar-refractivity contribution is 6.31. The van der Waals surface area contributed by atoms with Crippen molar-refractivity contribution in [2.24, 2.45) is 5.92 Å². The summed E-state index contributed by atoms with van der Waals surface area (Å²) in [6.07, 6.45) is 0.649. The summed E-state index contributed by atoms with van der Waals surface area (Å²) in [5.74, 6) is 1.08. The van der Waals surface area contributed by atoms with Crippen molar-refractivity contribution < 1.29 is 23.8 Å². The third kappa shape index (κ3) is 5.11. The Bertz CT molecular complexity index is 1240. The van der Waals surface area contributed by atoms with E-state index >= 15 is 0 Å². The van der Waals surface area contributed by atoms with Gasteiger partial charge in [-0.25, -0.2) is 0 Å². The van der Waals surface area contributed by atoms with Crippen molar-refractivity contribution in [3.8, 4) is 17.2 Å². The van der Waals surface area contributed by atoms with Crippen LogP contribution >= 0.6 is 11.6 Å². The van der Waals surface area contributed by atoms with Crippen molar-refractivity contribution in [1.29, 1.82) is 0 Å². The summed E-state index contributed by atoms with van der Waals surface area (Å²) >= 11 is 6.25. The van der Waals surface area contributed by atoms with Gasteiger partial charge in [0.25, 0.3) is 0 Å². The second kappa shape index (κ2) is 10.9. The Morgan fingerprint density at radius 2 is 1.56 bits per heavy atom. The smallest absolute Gasteiger partial charge is 0.230 e. The number of carbonyl (C=O) groups excluding carboxylic acids is 2. The third-order valence-electron chi connectivity index (χ3n) is 6.48. The van der Waals surface area contributed by atoms with Crippen molar-refractivity contribution in [2.45, 2.75) is 25.8 Å². The molecular formula is C28H29ClN2O5. The van der Waals surface area contributed by atoms with E-state index in [9.17, 15) is 9.59 Å². The molecule has 4 rings (SSSR count). The van der Waals surface area contributed by atoms with Gasteiger partial charge < -0.3 is 24.4 Å². The number of rotatable bonds is 7. The second-order valence-corrected chi connectivity index (χ2v) is 9.02. The summed E-state index contributed by atoms with van der Waals surface area (Å²) in [6.45, 7) is 1.86. The zero-order valence-corrected chi connectivity index (χ0v) is 21.5. The Morgan fingerprint density at radius 3 is 2.14 bits per heavy atom. The van der Waals surface area contributed by atoms with Crippen LogP contribution < -0.4 is 24.4 Å². The summed E-state index contributed by atoms with van der Waals surface area (Å²) in [7, 11) is 4.72. The van der Waals surface area contributed by atoms with Gasteiger partial charge in [0.05, 0.1) is 39.0 Å². The minimum atomic E-state index is -0.523. The predicted octanol–water partition coefficient (Wildman–Crippen LogP) is 5.80. The quantitative estimate of drug-likeness (QED) is 0.436. The molecule has 3 aromatic rings. The zero-order chi connectivity index (χ0) is 25.8. The van der Waals surface area contributed by atoms with Gasteiger partial charge in [0.15, 0.2) is 0 Å². The number of aryl methyl sites for hydroxylation is 1. The van der Waals surface area contributed by atoms with E-state index in [1.165, 1.54) is 7.11 Å². The number of piperidine rings is 1. The van der Waals surface area contributed by atoms with Crippen LogP contribution in [0.1, 0.15) is 30.0 Å². The largest absolute Gasteiger partial charge is 0.497 e. The Kier molecular flexibility index (Phi) is 7.70. The van der Waals surface area contributed by atoms with Crippen LogP contribution in [0.3, 0.4) is 0 Å². The van der Waals surface area contributed by atoms with Crippen LogP contribution in [0.15, 0.2) is 60.7 Å². The molecule has 3 aromatic carbocycles. The molecule has 1 N–H and O–H groups in total. The molecule has 0 aromatic heterocycles. The number of anilines is 2. The van der Waals surface area contributed by atoms with Gasteiger partial charge in [0, 0.05) is 23.2 Å². The van der Waals surface area contributed by atoms with Crippen molar-refractivity contribution in [3.63, 3.8) is 0 Å². The maximum atomic E-state index is 13.7. The number of hydrogen-bond acceptors (Lipinski definition) is 5. The highest BCUT2D eigenvalue weighted by atomic mass is 35.5. The lowest BCUT2D eigenvalue weighted by Crippen LogP contribution is -2.47. The van der Waals surface area contributed by atoms with E-state index in [1.54, 1.807) is 43.4 Å². The molecule has 0 radical (unpaired) electrons. The highest BCUT2D eigenvalue weighted by Gasteiger charge is 2.41. The first-order valence-corrected chi connectivity index (χ1v) is 12.0. The normalized spacial score (nSPS) is 17.5. The number of nitrogens with one attached hydrogen (secondary N) is 1. The highest BCUT2D eigenvalue weighted by Crippen LogP contribution is 2.42. The average molecular weight is 509 g/mol. The maximum absolute atomic E-state index is 13.7. The van der Waals surface area contributed by atoms with E-state index in [0.717, 1.165) is 11.1 Å². The summed E-state index contributed by atoms with van der Waals surface area (Å²) < 4.78 is 16.0. The molecule has 0 spiro atoms. The van der Waals surface area contributed by atoms with E-state index in [2.05, 4.69) is 5.32 Å². The van der Waals surface area contributed by atoms with E-state index < -0.39 is 12.0 Å². The number of ether oxygens (including phenoxy) is 3. The number of halogens is 1. The van der Waals surface area contributed by atoms with Crippen LogP contribution in [0.2, 0.25) is 5.02 Å². The topological polar surface area (TPSA) is 77.1 Å². The first-order chi connectivity index (χ1) is 17.4. The molecule has 188 valence electrons. The summed E-state index contributed by atoms with van der Waals surface area (Å²) in [5, 5.41) is 3.57. The molecule has 1 heterocycles. The van der Waals surface area contributed by atoms with Crippen LogP contribution in [0.25, 0.3) is 0 Å². The number of carbonyl (C=O) groups is 2. The molecule has 0 bridgehead atoms. The first kappa shape index (κ1) is 25.4. The number of benzene rings is 3. The van der Waals surface area contributed by atoms with Gasteiger partial charge in [-0.15, -0.1) is 0 Å². The first-order valence-electron chi connectivity index (χ1n) is 11.6. The maximum Gasteiger partial charge on any atom is 0.230 e. The lowest BCUT2D eigenvalue weighted by molar-refractivity contribution is -0.125. The molecule has 1 fully saturated rings. The molecular weight excluding hydrogens is 480 g/mol. The van der Waals surface area contributed by atoms with Crippen molar-refractivity contribution in [2.75, 3.05) is 31.5 Å². The van der Waals surface area contributed by atoms with Crippen LogP contribution in [0.4, 0.5) is 11.4 Å². The molecule has 0 aliphatic carbocycles. The van der Waals surface area contributed by atoms with Gasteiger partial charge in [0.1, 0.15) is 17.2 Å². The molecule has 36 heavy (non-hydrogen) atoms. The molecule has 1 aliphatic heterocycles. The zero-order valence-electron chi connectivity index (χ0n) is 20.7. The van der Waals surface area contributed by atoms with Crippen LogP contribution in [0.5, 0.6) is 17.2 Å². The monoisotopic (exact) mass is 508 g/mol.